The van der Waals surface area contributed by atoms with Crippen LogP contribution in [0.1, 0.15) is 5.56 Å². The van der Waals surface area contributed by atoms with Crippen molar-refractivity contribution >= 4 is 35.6 Å². The molecule has 0 aliphatic carbocycles. The number of carboxylic acid groups (broad SMARTS) is 1. The predicted molar refractivity (Wildman–Crippen MR) is 62.4 cm³/mol. The first-order chi connectivity index (χ1) is 6.77. The monoisotopic (exact) mass is 194 g/mol. The van der Waals surface area contributed by atoms with E-state index in [1.165, 1.54) is 0 Å². The molecule has 0 unspecified atom stereocenters. The third-order valence-electron chi connectivity index (χ3n) is 2.22. The SMILES string of the molecule is O=C(O)Cc1cccc2ccccc12.[LiH]. The second-order valence-electron chi connectivity index (χ2n) is 3.21. The predicted octanol–water partition coefficient (Wildman–Crippen LogP) is 1.82. The molecule has 2 nitrogen and oxygen atoms in total. The Morgan fingerprint density at radius 2 is 1.73 bits per heavy atom. The zero-order valence-corrected chi connectivity index (χ0v) is 7.60. The molecule has 0 aliphatic rings. The van der Waals surface area contributed by atoms with E-state index in [0.29, 0.717) is 0 Å². The van der Waals surface area contributed by atoms with Crippen LogP contribution < -0.4 is 0 Å². The van der Waals surface area contributed by atoms with Crippen molar-refractivity contribution in [3.8, 4) is 0 Å². The fraction of sp³-hybridized carbons (Fsp3) is 0.0833. The average molecular weight is 194 g/mol. The molecule has 2 aromatic rings. The molecule has 0 amide bonds. The molecule has 2 rings (SSSR count). The molecule has 1 N–H and O–H groups in total. The molecule has 0 saturated carbocycles. The average Bonchev–Trinajstić information content (AvgIpc) is 2.18. The van der Waals surface area contributed by atoms with Gasteiger partial charge in [-0.15, -0.1) is 0 Å². The third kappa shape index (κ3) is 2.62. The summed E-state index contributed by atoms with van der Waals surface area (Å²) in [6, 6.07) is 13.5. The quantitative estimate of drug-likeness (QED) is 0.740. The van der Waals surface area contributed by atoms with E-state index in [1.807, 2.05) is 42.5 Å². The number of aliphatic carboxylic acids is 1. The van der Waals surface area contributed by atoms with Gasteiger partial charge in [0, 0.05) is 0 Å². The Kier molecular flexibility index (Phi) is 3.96. The first-order valence-corrected chi connectivity index (χ1v) is 4.46. The van der Waals surface area contributed by atoms with Gasteiger partial charge in [-0.05, 0) is 16.3 Å². The van der Waals surface area contributed by atoms with Crippen LogP contribution in [-0.4, -0.2) is 29.9 Å². The Balaban J connectivity index is 0.00000112. The van der Waals surface area contributed by atoms with Crippen LogP contribution >= 0.6 is 0 Å². The number of hydrogen-bond donors (Lipinski definition) is 1. The van der Waals surface area contributed by atoms with Crippen LogP contribution in [-0.2, 0) is 11.2 Å². The molecule has 0 aliphatic heterocycles. The van der Waals surface area contributed by atoms with Crippen LogP contribution in [0.4, 0.5) is 0 Å². The van der Waals surface area contributed by atoms with E-state index in [9.17, 15) is 4.79 Å². The number of carbonyl (C=O) groups is 1. The van der Waals surface area contributed by atoms with Gasteiger partial charge >= 0.3 is 24.8 Å². The van der Waals surface area contributed by atoms with E-state index < -0.39 is 5.97 Å². The molecule has 0 aromatic heterocycles. The number of fused-ring (bicyclic) bond motifs is 1. The summed E-state index contributed by atoms with van der Waals surface area (Å²) in [5.74, 6) is -0.790. The molecule has 0 spiro atoms. The zero-order valence-electron chi connectivity index (χ0n) is 7.60. The van der Waals surface area contributed by atoms with Gasteiger partial charge in [-0.25, -0.2) is 0 Å². The van der Waals surface area contributed by atoms with E-state index in [0.717, 1.165) is 16.3 Å². The summed E-state index contributed by atoms with van der Waals surface area (Å²) in [5.41, 5.74) is 0.871. The normalized spacial score (nSPS) is 9.60. The van der Waals surface area contributed by atoms with Gasteiger partial charge in [-0.3, -0.25) is 4.79 Å². The molecule has 2 aromatic carbocycles. The molecule has 0 saturated heterocycles. The van der Waals surface area contributed by atoms with Crippen molar-refractivity contribution in [3.63, 3.8) is 0 Å². The maximum atomic E-state index is 10.6. The van der Waals surface area contributed by atoms with Crippen molar-refractivity contribution in [1.29, 1.82) is 0 Å². The van der Waals surface area contributed by atoms with Crippen molar-refractivity contribution in [2.24, 2.45) is 0 Å². The number of carboxylic acids is 1. The van der Waals surface area contributed by atoms with Gasteiger partial charge in [-0.1, -0.05) is 42.5 Å². The van der Waals surface area contributed by atoms with Gasteiger partial charge in [0.1, 0.15) is 0 Å². The van der Waals surface area contributed by atoms with Crippen molar-refractivity contribution in [2.45, 2.75) is 6.42 Å². The molecule has 15 heavy (non-hydrogen) atoms. The van der Waals surface area contributed by atoms with Gasteiger partial charge in [0.15, 0.2) is 0 Å². The number of rotatable bonds is 2. The molecule has 0 heterocycles. The third-order valence-corrected chi connectivity index (χ3v) is 2.22. The Bertz CT molecular complexity index is 475. The summed E-state index contributed by atoms with van der Waals surface area (Å²) in [7, 11) is 0. The van der Waals surface area contributed by atoms with E-state index in [-0.39, 0.29) is 25.3 Å². The van der Waals surface area contributed by atoms with Crippen LogP contribution in [0.5, 0.6) is 0 Å². The summed E-state index contributed by atoms with van der Waals surface area (Å²) in [5, 5.41) is 10.8. The Labute approximate surface area is 100 Å². The molecule has 3 heteroatoms. The van der Waals surface area contributed by atoms with E-state index in [4.69, 9.17) is 5.11 Å². The summed E-state index contributed by atoms with van der Waals surface area (Å²) >= 11 is 0. The van der Waals surface area contributed by atoms with Crippen LogP contribution in [0.25, 0.3) is 10.8 Å². The van der Waals surface area contributed by atoms with Crippen LogP contribution in [0.2, 0.25) is 0 Å². The summed E-state index contributed by atoms with van der Waals surface area (Å²) in [6.45, 7) is 0. The second-order valence-corrected chi connectivity index (χ2v) is 3.21. The second kappa shape index (κ2) is 5.02. The fourth-order valence-electron chi connectivity index (χ4n) is 1.61. The van der Waals surface area contributed by atoms with E-state index >= 15 is 0 Å². The standard InChI is InChI=1S/C12H10O2.Li.H/c13-12(14)8-10-6-3-5-9-4-1-2-7-11(9)10;;/h1-7H,8H2,(H,13,14);;. The number of hydrogen-bond acceptors (Lipinski definition) is 1. The molecule has 0 bridgehead atoms. The Morgan fingerprint density at radius 3 is 2.47 bits per heavy atom. The van der Waals surface area contributed by atoms with Crippen LogP contribution in [0.15, 0.2) is 42.5 Å². The first-order valence-electron chi connectivity index (χ1n) is 4.46. The molecular formula is C12H11LiO2. The van der Waals surface area contributed by atoms with Gasteiger partial charge in [0.2, 0.25) is 0 Å². The topological polar surface area (TPSA) is 37.3 Å². The van der Waals surface area contributed by atoms with Gasteiger partial charge in [0.05, 0.1) is 6.42 Å². The minimum atomic E-state index is -0.790. The summed E-state index contributed by atoms with van der Waals surface area (Å²) < 4.78 is 0. The van der Waals surface area contributed by atoms with E-state index in [2.05, 4.69) is 0 Å². The van der Waals surface area contributed by atoms with Crippen molar-refractivity contribution in [2.75, 3.05) is 0 Å². The summed E-state index contributed by atoms with van der Waals surface area (Å²) in [4.78, 5) is 10.6. The van der Waals surface area contributed by atoms with Gasteiger partial charge < -0.3 is 5.11 Å². The van der Waals surface area contributed by atoms with Crippen LogP contribution in [0, 0.1) is 0 Å². The molecule has 0 fully saturated rings. The Morgan fingerprint density at radius 1 is 1.07 bits per heavy atom. The van der Waals surface area contributed by atoms with E-state index in [1.54, 1.807) is 0 Å². The van der Waals surface area contributed by atoms with Crippen molar-refractivity contribution < 1.29 is 9.90 Å². The van der Waals surface area contributed by atoms with Crippen LogP contribution in [0.3, 0.4) is 0 Å². The maximum absolute atomic E-state index is 10.6. The fourth-order valence-corrected chi connectivity index (χ4v) is 1.61. The summed E-state index contributed by atoms with van der Waals surface area (Å²) in [6.07, 6.45) is 0.0847. The molecular weight excluding hydrogens is 183 g/mol. The minimum absolute atomic E-state index is 0. The number of benzene rings is 2. The Hall–Kier alpha value is -1.23. The van der Waals surface area contributed by atoms with Crippen molar-refractivity contribution in [1.82, 2.24) is 0 Å². The van der Waals surface area contributed by atoms with Gasteiger partial charge in [0.25, 0.3) is 0 Å². The van der Waals surface area contributed by atoms with Crippen molar-refractivity contribution in [3.05, 3.63) is 48.0 Å². The molecule has 0 radical (unpaired) electrons. The van der Waals surface area contributed by atoms with Gasteiger partial charge in [-0.2, -0.15) is 0 Å². The molecule has 0 atom stereocenters. The molecule has 72 valence electrons. The zero-order chi connectivity index (χ0) is 9.97. The first kappa shape index (κ1) is 11.8.